The van der Waals surface area contributed by atoms with E-state index >= 15 is 0 Å². The Hall–Kier alpha value is 0.120. The molecule has 0 heterocycles. The number of hydrogen-bond acceptors (Lipinski definition) is 1. The lowest BCUT2D eigenvalue weighted by Gasteiger charge is -1.81. The highest BCUT2D eigenvalue weighted by Crippen LogP contribution is 2.07. The molecule has 3 heteroatoms. The summed E-state index contributed by atoms with van der Waals surface area (Å²) in [7, 11) is 0. The summed E-state index contributed by atoms with van der Waals surface area (Å²) in [5.74, 6) is 0. The molecule has 0 aromatic heterocycles. The van der Waals surface area contributed by atoms with E-state index in [1.165, 1.54) is 6.92 Å². The maximum Gasteiger partial charge on any atom is 0.198 e. The lowest BCUT2D eigenvalue weighted by molar-refractivity contribution is 0.449. The summed E-state index contributed by atoms with van der Waals surface area (Å²) in [6, 6.07) is 0. The van der Waals surface area contributed by atoms with E-state index in [0.717, 1.165) is 0 Å². The van der Waals surface area contributed by atoms with Crippen LogP contribution in [-0.4, -0.2) is 5.11 Å². The fraction of sp³-hybridized carbons (Fsp3) is 0.333. The van der Waals surface area contributed by atoms with Gasteiger partial charge in [-0.15, -0.1) is 0 Å². The normalized spacial score (nSPS) is 13.8. The molecule has 0 aromatic carbocycles. The predicted molar refractivity (Wildman–Crippen MR) is 27.0 cm³/mol. The Morgan fingerprint density at radius 1 is 1.50 bits per heavy atom. The Kier molecular flexibility index (Phi) is 2.37. The van der Waals surface area contributed by atoms with Crippen molar-refractivity contribution in [3.8, 4) is 0 Å². The van der Waals surface area contributed by atoms with Crippen molar-refractivity contribution in [3.63, 3.8) is 0 Å². The molecule has 0 bridgehead atoms. The maximum absolute atomic E-state index is 8.14. The third-order valence-electron chi connectivity index (χ3n) is 0.284. The highest BCUT2D eigenvalue weighted by Gasteiger charge is 1.85. The van der Waals surface area contributed by atoms with Crippen LogP contribution in [0.5, 0.6) is 0 Å². The van der Waals surface area contributed by atoms with Crippen LogP contribution in [0.1, 0.15) is 6.92 Å². The third kappa shape index (κ3) is 2.36. The number of allylic oxidation sites excluding steroid dienone is 1. The highest BCUT2D eigenvalue weighted by atomic mass is 35.5. The zero-order valence-corrected chi connectivity index (χ0v) is 4.72. The third-order valence-corrected chi connectivity index (χ3v) is 0.843. The van der Waals surface area contributed by atoms with E-state index in [-0.39, 0.29) is 10.3 Å². The smallest absolute Gasteiger partial charge is 0.198 e. The molecule has 0 spiro atoms. The van der Waals surface area contributed by atoms with Crippen molar-refractivity contribution < 1.29 is 5.11 Å². The topological polar surface area (TPSA) is 20.2 Å². The van der Waals surface area contributed by atoms with E-state index in [2.05, 4.69) is 0 Å². The number of aliphatic hydroxyl groups is 1. The SMILES string of the molecule is CC(Cl)=C(O)Cl. The van der Waals surface area contributed by atoms with Gasteiger partial charge < -0.3 is 5.11 Å². The number of rotatable bonds is 0. The van der Waals surface area contributed by atoms with E-state index in [0.29, 0.717) is 0 Å². The first-order valence-corrected chi connectivity index (χ1v) is 2.11. The zero-order chi connectivity index (χ0) is 5.15. The molecule has 0 aliphatic carbocycles. The van der Waals surface area contributed by atoms with Gasteiger partial charge in [0.05, 0.1) is 5.03 Å². The van der Waals surface area contributed by atoms with Gasteiger partial charge in [0.15, 0.2) is 5.22 Å². The number of aliphatic hydroxyl groups excluding tert-OH is 1. The van der Waals surface area contributed by atoms with Gasteiger partial charge in [-0.1, -0.05) is 11.6 Å². The summed E-state index contributed by atoms with van der Waals surface area (Å²) < 4.78 is 0. The van der Waals surface area contributed by atoms with Gasteiger partial charge in [-0.3, -0.25) is 0 Å². The van der Waals surface area contributed by atoms with Gasteiger partial charge in [-0.2, -0.15) is 0 Å². The van der Waals surface area contributed by atoms with Gasteiger partial charge in [-0.05, 0) is 18.5 Å². The molecule has 1 nitrogen and oxygen atoms in total. The Labute approximate surface area is 46.2 Å². The average molecular weight is 127 g/mol. The van der Waals surface area contributed by atoms with Gasteiger partial charge in [0, 0.05) is 0 Å². The minimum Gasteiger partial charge on any atom is -0.498 e. The second-order valence-electron chi connectivity index (χ2n) is 0.824. The summed E-state index contributed by atoms with van der Waals surface area (Å²) in [5.41, 5.74) is 0. The summed E-state index contributed by atoms with van der Waals surface area (Å²) in [6.45, 7) is 1.50. The summed E-state index contributed by atoms with van der Waals surface area (Å²) in [4.78, 5) is 0. The summed E-state index contributed by atoms with van der Waals surface area (Å²) in [5, 5.41) is 8.03. The molecule has 0 aliphatic rings. The van der Waals surface area contributed by atoms with Crippen LogP contribution in [0.4, 0.5) is 0 Å². The molecule has 1 N–H and O–H groups in total. The molecular weight excluding hydrogens is 123 g/mol. The predicted octanol–water partition coefficient (Wildman–Crippen LogP) is 2.21. The van der Waals surface area contributed by atoms with Crippen LogP contribution in [0.25, 0.3) is 0 Å². The molecule has 36 valence electrons. The minimum absolute atomic E-state index is 0.219. The Bertz CT molecular complexity index is 58.9. The fourth-order valence-electron chi connectivity index (χ4n) is 0. The van der Waals surface area contributed by atoms with E-state index in [4.69, 9.17) is 28.3 Å². The molecule has 0 aliphatic heterocycles. The lowest BCUT2D eigenvalue weighted by Crippen LogP contribution is -1.64. The quantitative estimate of drug-likeness (QED) is 0.494. The first-order chi connectivity index (χ1) is 2.64. The maximum atomic E-state index is 8.14. The first kappa shape index (κ1) is 6.12. The van der Waals surface area contributed by atoms with Crippen molar-refractivity contribution in [1.82, 2.24) is 0 Å². The molecule has 0 unspecified atom stereocenters. The molecule has 0 amide bonds. The van der Waals surface area contributed by atoms with Gasteiger partial charge in [0.1, 0.15) is 0 Å². The van der Waals surface area contributed by atoms with E-state index in [9.17, 15) is 0 Å². The molecule has 0 rings (SSSR count). The van der Waals surface area contributed by atoms with Crippen LogP contribution < -0.4 is 0 Å². The van der Waals surface area contributed by atoms with E-state index in [1.54, 1.807) is 0 Å². The van der Waals surface area contributed by atoms with Crippen molar-refractivity contribution >= 4 is 23.2 Å². The fourth-order valence-corrected chi connectivity index (χ4v) is 0. The minimum atomic E-state index is -0.336. The molecule has 0 saturated carbocycles. The van der Waals surface area contributed by atoms with E-state index in [1.807, 2.05) is 0 Å². The average Bonchev–Trinajstić information content (AvgIpc) is 1.36. The molecule has 6 heavy (non-hydrogen) atoms. The van der Waals surface area contributed by atoms with Crippen LogP contribution in [-0.2, 0) is 0 Å². The number of hydrogen-bond donors (Lipinski definition) is 1. The van der Waals surface area contributed by atoms with Gasteiger partial charge >= 0.3 is 0 Å². The molecule has 0 fully saturated rings. The lowest BCUT2D eigenvalue weighted by atomic mass is 10.7. The van der Waals surface area contributed by atoms with E-state index < -0.39 is 0 Å². The van der Waals surface area contributed by atoms with Crippen LogP contribution in [0.2, 0.25) is 0 Å². The van der Waals surface area contributed by atoms with Crippen LogP contribution in [0, 0.1) is 0 Å². The summed E-state index contributed by atoms with van der Waals surface area (Å²) >= 11 is 10.0. The zero-order valence-electron chi connectivity index (χ0n) is 3.20. The van der Waals surface area contributed by atoms with Crippen LogP contribution in [0.15, 0.2) is 10.3 Å². The molecule has 0 radical (unpaired) electrons. The second-order valence-corrected chi connectivity index (χ2v) is 1.75. The van der Waals surface area contributed by atoms with Gasteiger partial charge in [0.2, 0.25) is 0 Å². The van der Waals surface area contributed by atoms with Crippen molar-refractivity contribution in [1.29, 1.82) is 0 Å². The van der Waals surface area contributed by atoms with Crippen molar-refractivity contribution in [2.45, 2.75) is 6.92 Å². The Morgan fingerprint density at radius 3 is 1.67 bits per heavy atom. The Morgan fingerprint density at radius 2 is 1.67 bits per heavy atom. The number of halogens is 2. The van der Waals surface area contributed by atoms with Crippen molar-refractivity contribution in [2.24, 2.45) is 0 Å². The Balaban J connectivity index is 3.68. The first-order valence-electron chi connectivity index (χ1n) is 1.35. The van der Waals surface area contributed by atoms with Crippen molar-refractivity contribution in [2.75, 3.05) is 0 Å². The second kappa shape index (κ2) is 2.32. The molecule has 0 atom stereocenters. The van der Waals surface area contributed by atoms with Crippen LogP contribution in [0.3, 0.4) is 0 Å². The van der Waals surface area contributed by atoms with Gasteiger partial charge in [-0.25, -0.2) is 0 Å². The van der Waals surface area contributed by atoms with Crippen LogP contribution >= 0.6 is 23.2 Å². The monoisotopic (exact) mass is 126 g/mol. The summed E-state index contributed by atoms with van der Waals surface area (Å²) in [6.07, 6.45) is 0. The highest BCUT2D eigenvalue weighted by molar-refractivity contribution is 6.37. The van der Waals surface area contributed by atoms with Gasteiger partial charge in [0.25, 0.3) is 0 Å². The van der Waals surface area contributed by atoms with Crippen molar-refractivity contribution in [3.05, 3.63) is 10.3 Å². The largest absolute Gasteiger partial charge is 0.498 e. The molecule has 0 saturated heterocycles. The molecular formula is C3H4Cl2O. The molecule has 0 aromatic rings. The standard InChI is InChI=1S/C3H4Cl2O/c1-2(4)3(5)6/h6H,1H3.